The largest absolute Gasteiger partial charge is 0.313 e. The summed E-state index contributed by atoms with van der Waals surface area (Å²) in [5.74, 6) is 0.764. The molecule has 0 radical (unpaired) electrons. The molecule has 1 N–H and O–H groups in total. The second kappa shape index (κ2) is 7.97. The second-order valence-corrected chi connectivity index (χ2v) is 6.39. The van der Waals surface area contributed by atoms with E-state index < -0.39 is 10.8 Å². The molecule has 0 aliphatic rings. The summed E-state index contributed by atoms with van der Waals surface area (Å²) in [6.07, 6.45) is 6.65. The summed E-state index contributed by atoms with van der Waals surface area (Å²) >= 11 is 0. The van der Waals surface area contributed by atoms with Crippen molar-refractivity contribution in [1.29, 1.82) is 0 Å². The first-order valence-corrected chi connectivity index (χ1v) is 8.53. The maximum atomic E-state index is 10.9. The zero-order valence-corrected chi connectivity index (χ0v) is 12.6. The lowest BCUT2D eigenvalue weighted by atomic mass is 10.2. The van der Waals surface area contributed by atoms with Crippen molar-refractivity contribution < 1.29 is 4.21 Å². The van der Waals surface area contributed by atoms with E-state index in [0.717, 1.165) is 31.8 Å². The Labute approximate surface area is 122 Å². The van der Waals surface area contributed by atoms with E-state index in [0.29, 0.717) is 0 Å². The van der Waals surface area contributed by atoms with Crippen LogP contribution in [0.3, 0.4) is 0 Å². The summed E-state index contributed by atoms with van der Waals surface area (Å²) in [4.78, 5) is 0. The number of aromatic nitrogens is 2. The number of nitrogens with one attached hydrogen (secondary N) is 1. The van der Waals surface area contributed by atoms with Gasteiger partial charge < -0.3 is 5.32 Å². The Kier molecular flexibility index (Phi) is 5.95. The predicted molar refractivity (Wildman–Crippen MR) is 83.0 cm³/mol. The minimum absolute atomic E-state index is 0.689. The SMILES string of the molecule is CS(=O)CCCNCc1cnn(Cc2ccccc2)c1. The van der Waals surface area contributed by atoms with E-state index in [1.807, 2.05) is 29.1 Å². The van der Waals surface area contributed by atoms with Crippen molar-refractivity contribution in [2.75, 3.05) is 18.6 Å². The highest BCUT2D eigenvalue weighted by Gasteiger charge is 1.99. The summed E-state index contributed by atoms with van der Waals surface area (Å²) < 4.78 is 12.9. The molecule has 2 aromatic rings. The molecule has 1 unspecified atom stereocenters. The number of nitrogens with zero attached hydrogens (tertiary/aromatic N) is 2. The lowest BCUT2D eigenvalue weighted by Gasteiger charge is -2.02. The summed E-state index contributed by atoms with van der Waals surface area (Å²) in [7, 11) is -0.689. The van der Waals surface area contributed by atoms with Crippen LogP contribution in [0, 0.1) is 0 Å². The van der Waals surface area contributed by atoms with Crippen molar-refractivity contribution in [3.05, 3.63) is 53.9 Å². The molecule has 1 aromatic heterocycles. The maximum absolute atomic E-state index is 10.9. The number of hydrogen-bond acceptors (Lipinski definition) is 3. The van der Waals surface area contributed by atoms with E-state index in [1.54, 1.807) is 6.26 Å². The lowest BCUT2D eigenvalue weighted by Crippen LogP contribution is -2.16. The molecule has 0 fully saturated rings. The van der Waals surface area contributed by atoms with Gasteiger partial charge in [-0.3, -0.25) is 8.89 Å². The Morgan fingerprint density at radius 3 is 2.80 bits per heavy atom. The van der Waals surface area contributed by atoms with E-state index in [2.05, 4.69) is 28.7 Å². The smallest absolute Gasteiger partial charge is 0.0659 e. The monoisotopic (exact) mass is 291 g/mol. The maximum Gasteiger partial charge on any atom is 0.0659 e. The summed E-state index contributed by atoms with van der Waals surface area (Å²) in [6.45, 7) is 2.50. The molecule has 0 saturated carbocycles. The molecule has 4 nitrogen and oxygen atoms in total. The molecule has 0 aliphatic carbocycles. The van der Waals surface area contributed by atoms with Crippen LogP contribution in [0.2, 0.25) is 0 Å². The van der Waals surface area contributed by atoms with Crippen LogP contribution >= 0.6 is 0 Å². The normalized spacial score (nSPS) is 12.4. The van der Waals surface area contributed by atoms with Gasteiger partial charge in [0.1, 0.15) is 0 Å². The molecule has 5 heteroatoms. The van der Waals surface area contributed by atoms with Crippen LogP contribution in [0.5, 0.6) is 0 Å². The van der Waals surface area contributed by atoms with Crippen molar-refractivity contribution in [2.24, 2.45) is 0 Å². The first-order valence-electron chi connectivity index (χ1n) is 6.80. The van der Waals surface area contributed by atoms with Gasteiger partial charge in [-0.15, -0.1) is 0 Å². The fourth-order valence-corrected chi connectivity index (χ4v) is 2.54. The van der Waals surface area contributed by atoms with Gasteiger partial charge in [-0.1, -0.05) is 30.3 Å². The summed E-state index contributed by atoms with van der Waals surface area (Å²) in [5, 5.41) is 7.71. The zero-order valence-electron chi connectivity index (χ0n) is 11.8. The quantitative estimate of drug-likeness (QED) is 0.754. The van der Waals surface area contributed by atoms with E-state index in [4.69, 9.17) is 0 Å². The van der Waals surface area contributed by atoms with Crippen LogP contribution in [0.25, 0.3) is 0 Å². The number of rotatable bonds is 8. The van der Waals surface area contributed by atoms with Crippen molar-refractivity contribution in [3.8, 4) is 0 Å². The van der Waals surface area contributed by atoms with E-state index >= 15 is 0 Å². The Bertz CT molecular complexity index is 539. The van der Waals surface area contributed by atoms with Crippen LogP contribution in [0.15, 0.2) is 42.7 Å². The topological polar surface area (TPSA) is 46.9 Å². The number of benzene rings is 1. The van der Waals surface area contributed by atoms with Crippen LogP contribution in [-0.4, -0.2) is 32.5 Å². The minimum Gasteiger partial charge on any atom is -0.313 e. The first-order chi connectivity index (χ1) is 9.74. The Morgan fingerprint density at radius 2 is 2.05 bits per heavy atom. The Morgan fingerprint density at radius 1 is 1.25 bits per heavy atom. The predicted octanol–water partition coefficient (Wildman–Crippen LogP) is 1.79. The highest BCUT2D eigenvalue weighted by Crippen LogP contribution is 2.03. The van der Waals surface area contributed by atoms with Gasteiger partial charge in [0.15, 0.2) is 0 Å². The highest BCUT2D eigenvalue weighted by molar-refractivity contribution is 7.84. The molecule has 0 saturated heterocycles. The van der Waals surface area contributed by atoms with Gasteiger partial charge >= 0.3 is 0 Å². The lowest BCUT2D eigenvalue weighted by molar-refractivity contribution is 0.659. The van der Waals surface area contributed by atoms with Crippen molar-refractivity contribution in [2.45, 2.75) is 19.5 Å². The van der Waals surface area contributed by atoms with Crippen molar-refractivity contribution >= 4 is 10.8 Å². The molecule has 0 bridgehead atoms. The molecule has 1 heterocycles. The van der Waals surface area contributed by atoms with Crippen LogP contribution < -0.4 is 5.32 Å². The fraction of sp³-hybridized carbons (Fsp3) is 0.400. The van der Waals surface area contributed by atoms with Crippen LogP contribution in [-0.2, 0) is 23.9 Å². The van der Waals surface area contributed by atoms with Gasteiger partial charge in [0.05, 0.1) is 12.7 Å². The van der Waals surface area contributed by atoms with Gasteiger partial charge in [0, 0.05) is 41.1 Å². The Balaban J connectivity index is 1.73. The molecule has 2 rings (SSSR count). The fourth-order valence-electron chi connectivity index (χ4n) is 1.99. The Hall–Kier alpha value is -1.46. The standard InChI is InChI=1S/C15H21N3OS/c1-20(19)9-5-8-16-10-15-11-17-18(13-15)12-14-6-3-2-4-7-14/h2-4,6-7,11,13,16H,5,8-10,12H2,1H3. The molecule has 0 amide bonds. The molecule has 0 aliphatic heterocycles. The van der Waals surface area contributed by atoms with Crippen LogP contribution in [0.4, 0.5) is 0 Å². The molecule has 1 atom stereocenters. The van der Waals surface area contributed by atoms with E-state index in [-0.39, 0.29) is 0 Å². The van der Waals surface area contributed by atoms with Crippen molar-refractivity contribution in [1.82, 2.24) is 15.1 Å². The molecule has 20 heavy (non-hydrogen) atoms. The summed E-state index contributed by atoms with van der Waals surface area (Å²) in [6, 6.07) is 10.3. The average molecular weight is 291 g/mol. The molecule has 108 valence electrons. The third kappa shape index (κ3) is 5.27. The summed E-state index contributed by atoms with van der Waals surface area (Å²) in [5.41, 5.74) is 2.43. The third-order valence-corrected chi connectivity index (χ3v) is 3.85. The van der Waals surface area contributed by atoms with Gasteiger partial charge in [-0.05, 0) is 18.5 Å². The van der Waals surface area contributed by atoms with E-state index in [9.17, 15) is 4.21 Å². The van der Waals surface area contributed by atoms with E-state index in [1.165, 1.54) is 11.1 Å². The van der Waals surface area contributed by atoms with Gasteiger partial charge in [0.2, 0.25) is 0 Å². The van der Waals surface area contributed by atoms with Gasteiger partial charge in [-0.2, -0.15) is 5.10 Å². The second-order valence-electron chi connectivity index (χ2n) is 4.84. The van der Waals surface area contributed by atoms with Gasteiger partial charge in [-0.25, -0.2) is 0 Å². The molecular formula is C15H21N3OS. The first kappa shape index (κ1) is 14.9. The number of hydrogen-bond donors (Lipinski definition) is 1. The zero-order chi connectivity index (χ0) is 14.2. The van der Waals surface area contributed by atoms with Crippen LogP contribution in [0.1, 0.15) is 17.5 Å². The molecule has 0 spiro atoms. The molecular weight excluding hydrogens is 270 g/mol. The van der Waals surface area contributed by atoms with Crippen molar-refractivity contribution in [3.63, 3.8) is 0 Å². The average Bonchev–Trinajstić information content (AvgIpc) is 2.87. The molecule has 1 aromatic carbocycles. The van der Waals surface area contributed by atoms with Gasteiger partial charge in [0.25, 0.3) is 0 Å². The minimum atomic E-state index is -0.689. The third-order valence-electron chi connectivity index (χ3n) is 2.99. The highest BCUT2D eigenvalue weighted by atomic mass is 32.2.